The summed E-state index contributed by atoms with van der Waals surface area (Å²) in [5.74, 6) is -0.740. The number of anilines is 1. The van der Waals surface area contributed by atoms with Crippen molar-refractivity contribution in [2.75, 3.05) is 11.2 Å². The van der Waals surface area contributed by atoms with Crippen LogP contribution >= 0.6 is 11.3 Å². The van der Waals surface area contributed by atoms with Crippen molar-refractivity contribution in [3.05, 3.63) is 81.9 Å². The molecule has 0 saturated heterocycles. The van der Waals surface area contributed by atoms with Gasteiger partial charge in [0.25, 0.3) is 5.91 Å². The summed E-state index contributed by atoms with van der Waals surface area (Å²) >= 11 is 1.33. The van der Waals surface area contributed by atoms with E-state index in [9.17, 15) is 13.2 Å². The molecule has 3 aromatic rings. The number of aromatic nitrogens is 1. The minimum atomic E-state index is -3.68. The lowest BCUT2D eigenvalue weighted by Gasteiger charge is -2.22. The molecule has 0 saturated carbocycles. The first-order valence-electron chi connectivity index (χ1n) is 9.02. The number of carbonyl (C=O) groups excluding carboxylic acids is 1. The van der Waals surface area contributed by atoms with E-state index in [1.165, 1.54) is 11.3 Å². The first-order chi connectivity index (χ1) is 14.2. The number of hydrogen-bond acceptors (Lipinski definition) is 7. The largest absolute Gasteiger partial charge is 0.339 e. The number of carbonyl (C=O) groups is 1. The van der Waals surface area contributed by atoms with Gasteiger partial charge < -0.3 is 4.90 Å². The maximum Gasteiger partial charge on any atom is 0.284 e. The molecule has 2 aromatic carbocycles. The van der Waals surface area contributed by atoms with Gasteiger partial charge >= 0.3 is 0 Å². The molecule has 1 aromatic heterocycles. The van der Waals surface area contributed by atoms with Gasteiger partial charge in [-0.05, 0) is 30.2 Å². The van der Waals surface area contributed by atoms with Crippen LogP contribution in [0.25, 0.3) is 0 Å². The summed E-state index contributed by atoms with van der Waals surface area (Å²) in [6.07, 6.45) is 0.931. The van der Waals surface area contributed by atoms with Crippen LogP contribution in [-0.4, -0.2) is 25.6 Å². The van der Waals surface area contributed by atoms with Gasteiger partial charge in [-0.25, -0.2) is 18.1 Å². The zero-order valence-corrected chi connectivity index (χ0v) is 18.1. The molecule has 1 amide bonds. The van der Waals surface area contributed by atoms with Crippen LogP contribution in [0.1, 0.15) is 32.1 Å². The monoisotopic (exact) mass is 440 g/mol. The molecule has 1 heterocycles. The lowest BCUT2D eigenvalue weighted by atomic mass is 10.1. The highest BCUT2D eigenvalue weighted by Gasteiger charge is 2.21. The van der Waals surface area contributed by atoms with Gasteiger partial charge in [0.1, 0.15) is 5.69 Å². The number of amides is 1. The molecule has 154 valence electrons. The average Bonchev–Trinajstić information content (AvgIpc) is 3.09. The van der Waals surface area contributed by atoms with E-state index in [1.807, 2.05) is 52.1 Å². The Kier molecular flexibility index (Phi) is 6.50. The Hall–Kier alpha value is -3.22. The van der Waals surface area contributed by atoms with E-state index in [1.54, 1.807) is 19.1 Å². The second kappa shape index (κ2) is 9.07. The molecule has 0 unspecified atom stereocenters. The normalized spacial score (nSPS) is 11.0. The van der Waals surface area contributed by atoms with Crippen LogP contribution in [0.5, 0.6) is 0 Å². The number of hydrogen-bond donors (Lipinski definition) is 1. The highest BCUT2D eigenvalue weighted by molar-refractivity contribution is 7.89. The van der Waals surface area contributed by atoms with Crippen LogP contribution in [0.15, 0.2) is 54.6 Å². The zero-order valence-electron chi connectivity index (χ0n) is 16.5. The van der Waals surface area contributed by atoms with Gasteiger partial charge in [-0.3, -0.25) is 4.79 Å². The Balaban J connectivity index is 1.92. The Morgan fingerprint density at radius 3 is 2.27 bits per heavy atom. The molecule has 9 heteroatoms. The first-order valence-corrected chi connectivity index (χ1v) is 11.7. The van der Waals surface area contributed by atoms with Gasteiger partial charge in [0.15, 0.2) is 5.13 Å². The number of nitriles is 1. The first kappa shape index (κ1) is 21.5. The fourth-order valence-corrected chi connectivity index (χ4v) is 4.18. The summed E-state index contributed by atoms with van der Waals surface area (Å²) in [6, 6.07) is 19.2. The summed E-state index contributed by atoms with van der Waals surface area (Å²) < 4.78 is 24.8. The van der Waals surface area contributed by atoms with E-state index < -0.39 is 15.9 Å². The van der Waals surface area contributed by atoms with E-state index in [4.69, 9.17) is 5.26 Å². The van der Waals surface area contributed by atoms with E-state index in [0.29, 0.717) is 28.7 Å². The Bertz CT molecular complexity index is 1180. The van der Waals surface area contributed by atoms with Crippen molar-refractivity contribution in [1.29, 1.82) is 5.26 Å². The molecule has 7 nitrogen and oxygen atoms in total. The van der Waals surface area contributed by atoms with Crippen molar-refractivity contribution in [3.8, 4) is 6.07 Å². The maximum absolute atomic E-state index is 12.3. The minimum Gasteiger partial charge on any atom is -0.339 e. The van der Waals surface area contributed by atoms with Crippen molar-refractivity contribution in [2.24, 2.45) is 0 Å². The van der Waals surface area contributed by atoms with Crippen molar-refractivity contribution >= 4 is 32.4 Å². The third kappa shape index (κ3) is 5.65. The van der Waals surface area contributed by atoms with Crippen molar-refractivity contribution in [2.45, 2.75) is 20.0 Å². The topological polar surface area (TPSA) is 103 Å². The predicted octanol–water partition coefficient (Wildman–Crippen LogP) is 3.22. The molecule has 30 heavy (non-hydrogen) atoms. The molecular formula is C21H20N4O3S2. The molecule has 0 bridgehead atoms. The summed E-state index contributed by atoms with van der Waals surface area (Å²) in [5.41, 5.74) is 2.73. The molecule has 0 aliphatic carbocycles. The molecule has 3 rings (SSSR count). The van der Waals surface area contributed by atoms with Crippen molar-refractivity contribution in [1.82, 2.24) is 9.71 Å². The average molecular weight is 441 g/mol. The van der Waals surface area contributed by atoms with E-state index >= 15 is 0 Å². The quantitative estimate of drug-likeness (QED) is 0.605. The maximum atomic E-state index is 12.3. The standard InChI is InChI=1S/C21H20N4O3S2/c1-15-19(20(26)24-30(2,27)28)23-21(29-15)25(13-17-6-4-3-5-7-17)14-18-10-8-16(12-22)9-11-18/h3-11H,13-14H2,1-2H3,(H,24,26). The number of nitrogens with zero attached hydrogens (tertiary/aromatic N) is 3. The lowest BCUT2D eigenvalue weighted by Crippen LogP contribution is -2.30. The van der Waals surface area contributed by atoms with Crippen molar-refractivity contribution in [3.63, 3.8) is 0 Å². The summed E-state index contributed by atoms with van der Waals surface area (Å²) in [5, 5.41) is 9.61. The van der Waals surface area contributed by atoms with E-state index in [-0.39, 0.29) is 5.69 Å². The minimum absolute atomic E-state index is 0.0957. The number of aryl methyl sites for hydroxylation is 1. The molecule has 0 aliphatic heterocycles. The number of sulfonamides is 1. The fourth-order valence-electron chi connectivity index (χ4n) is 2.85. The predicted molar refractivity (Wildman–Crippen MR) is 117 cm³/mol. The summed E-state index contributed by atoms with van der Waals surface area (Å²) in [6.45, 7) is 2.81. The third-order valence-corrected chi connectivity index (χ3v) is 5.81. The smallest absolute Gasteiger partial charge is 0.284 e. The second-order valence-corrected chi connectivity index (χ2v) is 9.69. The second-order valence-electron chi connectivity index (χ2n) is 6.75. The molecule has 0 spiro atoms. The number of nitrogens with one attached hydrogen (secondary N) is 1. The molecule has 0 aliphatic rings. The van der Waals surface area contributed by atoms with Crippen LogP contribution in [0.3, 0.4) is 0 Å². The van der Waals surface area contributed by atoms with Crippen molar-refractivity contribution < 1.29 is 13.2 Å². The number of rotatable bonds is 7. The molecule has 0 radical (unpaired) electrons. The highest BCUT2D eigenvalue weighted by atomic mass is 32.2. The zero-order chi connectivity index (χ0) is 21.7. The Labute approximate surface area is 179 Å². The molecule has 0 fully saturated rings. The highest BCUT2D eigenvalue weighted by Crippen LogP contribution is 2.28. The SMILES string of the molecule is Cc1sc(N(Cc2ccccc2)Cc2ccc(C#N)cc2)nc1C(=O)NS(C)(=O)=O. The van der Waals surface area contributed by atoms with Gasteiger partial charge in [0.2, 0.25) is 10.0 Å². The number of thiazole rings is 1. The summed E-state index contributed by atoms with van der Waals surface area (Å²) in [7, 11) is -3.68. The van der Waals surface area contributed by atoms with Crippen LogP contribution in [0, 0.1) is 18.3 Å². The molecule has 0 atom stereocenters. The third-order valence-electron chi connectivity index (χ3n) is 4.22. The Morgan fingerprint density at radius 1 is 1.10 bits per heavy atom. The van der Waals surface area contributed by atoms with Crippen LogP contribution < -0.4 is 9.62 Å². The lowest BCUT2D eigenvalue weighted by molar-refractivity contribution is 0.0977. The molecular weight excluding hydrogens is 420 g/mol. The summed E-state index contributed by atoms with van der Waals surface area (Å²) in [4.78, 5) is 19.4. The van der Waals surface area contributed by atoms with Gasteiger partial charge in [0.05, 0.1) is 17.9 Å². The number of benzene rings is 2. The molecule has 1 N–H and O–H groups in total. The van der Waals surface area contributed by atoms with Gasteiger partial charge in [-0.1, -0.05) is 42.5 Å². The van der Waals surface area contributed by atoms with Gasteiger partial charge in [-0.2, -0.15) is 5.26 Å². The van der Waals surface area contributed by atoms with Crippen LogP contribution in [-0.2, 0) is 23.1 Å². The van der Waals surface area contributed by atoms with Crippen LogP contribution in [0.2, 0.25) is 0 Å². The van der Waals surface area contributed by atoms with Gasteiger partial charge in [-0.15, -0.1) is 11.3 Å². The Morgan fingerprint density at radius 2 is 1.70 bits per heavy atom. The van der Waals surface area contributed by atoms with Gasteiger partial charge in [0, 0.05) is 18.0 Å². The van der Waals surface area contributed by atoms with E-state index in [0.717, 1.165) is 17.4 Å². The van der Waals surface area contributed by atoms with E-state index in [2.05, 4.69) is 11.1 Å². The fraction of sp³-hybridized carbons (Fsp3) is 0.190. The van der Waals surface area contributed by atoms with Crippen LogP contribution in [0.4, 0.5) is 5.13 Å².